The maximum Gasteiger partial charge on any atom is 0.347 e. The van der Waals surface area contributed by atoms with Crippen molar-refractivity contribution >= 4 is 17.6 Å². The molecule has 0 aliphatic rings. The van der Waals surface area contributed by atoms with Gasteiger partial charge in [-0.15, -0.1) is 0 Å². The van der Waals surface area contributed by atoms with Crippen LogP contribution < -0.4 is 10.1 Å². The Labute approximate surface area is 141 Å². The van der Waals surface area contributed by atoms with Crippen LogP contribution in [-0.2, 0) is 14.3 Å². The Kier molecular flexibility index (Phi) is 5.99. The molecule has 132 valence electrons. The van der Waals surface area contributed by atoms with Gasteiger partial charge in [-0.1, -0.05) is 0 Å². The number of rotatable bonds is 6. The molecular weight excluding hydrogens is 339 g/mol. The highest BCUT2D eigenvalue weighted by Gasteiger charge is 2.18. The highest BCUT2D eigenvalue weighted by molar-refractivity contribution is 5.93. The number of ether oxygens (including phenoxy) is 2. The van der Waals surface area contributed by atoms with Crippen LogP contribution >= 0.6 is 0 Å². The molecule has 2 aromatic carbocycles. The number of carbonyl (C=O) groups excluding carboxylic acids is 2. The summed E-state index contributed by atoms with van der Waals surface area (Å²) in [5.41, 5.74) is -0.364. The van der Waals surface area contributed by atoms with Crippen molar-refractivity contribution in [1.29, 1.82) is 0 Å². The van der Waals surface area contributed by atoms with E-state index in [4.69, 9.17) is 9.47 Å². The van der Waals surface area contributed by atoms with Gasteiger partial charge in [-0.05, 0) is 43.3 Å². The first-order valence-corrected chi connectivity index (χ1v) is 7.19. The summed E-state index contributed by atoms with van der Waals surface area (Å²) in [7, 11) is 0. The molecule has 0 aromatic heterocycles. The molecule has 1 N–H and O–H groups in total. The summed E-state index contributed by atoms with van der Waals surface area (Å²) < 4.78 is 49.2. The third-order valence-corrected chi connectivity index (χ3v) is 3.01. The lowest BCUT2D eigenvalue weighted by Gasteiger charge is -2.14. The van der Waals surface area contributed by atoms with Gasteiger partial charge in [0.25, 0.3) is 5.91 Å². The molecule has 25 heavy (non-hydrogen) atoms. The van der Waals surface area contributed by atoms with E-state index in [1.54, 1.807) is 0 Å². The minimum atomic E-state index is -1.05. The smallest absolute Gasteiger partial charge is 0.347 e. The lowest BCUT2D eigenvalue weighted by atomic mass is 10.3. The van der Waals surface area contributed by atoms with Crippen LogP contribution in [0, 0.1) is 17.5 Å². The topological polar surface area (TPSA) is 64.6 Å². The number of nitrogens with one attached hydrogen (secondary N) is 1. The van der Waals surface area contributed by atoms with Crippen molar-refractivity contribution in [2.24, 2.45) is 0 Å². The van der Waals surface area contributed by atoms with Crippen LogP contribution in [0.15, 0.2) is 42.5 Å². The predicted octanol–water partition coefficient (Wildman–Crippen LogP) is 3.05. The molecule has 1 amide bonds. The standard InChI is InChI=1S/C17H14F3NO4/c1-10(25-13-5-2-11(18)3-6-13)17(23)24-9-16(22)21-15-8-12(19)4-7-14(15)20/h2-8,10H,9H2,1H3,(H,21,22)/t10-/m1/s1. The van der Waals surface area contributed by atoms with Crippen LogP contribution in [0.3, 0.4) is 0 Å². The maximum absolute atomic E-state index is 13.4. The fourth-order valence-electron chi connectivity index (χ4n) is 1.80. The van der Waals surface area contributed by atoms with Gasteiger partial charge in [-0.3, -0.25) is 4.79 Å². The van der Waals surface area contributed by atoms with Crippen molar-refractivity contribution in [2.75, 3.05) is 11.9 Å². The second kappa shape index (κ2) is 8.18. The Bertz CT molecular complexity index is 765. The molecule has 0 aliphatic carbocycles. The molecular formula is C17H14F3NO4. The van der Waals surface area contributed by atoms with E-state index in [-0.39, 0.29) is 11.4 Å². The van der Waals surface area contributed by atoms with Crippen molar-refractivity contribution in [3.63, 3.8) is 0 Å². The van der Waals surface area contributed by atoms with E-state index in [9.17, 15) is 22.8 Å². The fraction of sp³-hybridized carbons (Fsp3) is 0.176. The predicted molar refractivity (Wildman–Crippen MR) is 82.4 cm³/mol. The zero-order valence-corrected chi connectivity index (χ0v) is 13.1. The first kappa shape index (κ1) is 18.3. The number of esters is 1. The number of benzene rings is 2. The van der Waals surface area contributed by atoms with Crippen molar-refractivity contribution in [1.82, 2.24) is 0 Å². The monoisotopic (exact) mass is 353 g/mol. The van der Waals surface area contributed by atoms with Crippen LogP contribution in [0.2, 0.25) is 0 Å². The van der Waals surface area contributed by atoms with Crippen molar-refractivity contribution in [3.05, 3.63) is 59.9 Å². The van der Waals surface area contributed by atoms with Crippen LogP contribution in [0.25, 0.3) is 0 Å². The Hall–Kier alpha value is -3.03. The van der Waals surface area contributed by atoms with Gasteiger partial charge in [0.05, 0.1) is 5.69 Å². The molecule has 0 bridgehead atoms. The number of anilines is 1. The van der Waals surface area contributed by atoms with Gasteiger partial charge < -0.3 is 14.8 Å². The molecule has 5 nitrogen and oxygen atoms in total. The van der Waals surface area contributed by atoms with Gasteiger partial charge in [-0.2, -0.15) is 0 Å². The number of halogens is 3. The summed E-state index contributed by atoms with van der Waals surface area (Å²) in [4.78, 5) is 23.4. The van der Waals surface area contributed by atoms with E-state index in [0.29, 0.717) is 0 Å². The SMILES string of the molecule is C[C@@H](Oc1ccc(F)cc1)C(=O)OCC(=O)Nc1cc(F)ccc1F. The van der Waals surface area contributed by atoms with Gasteiger partial charge >= 0.3 is 5.97 Å². The molecule has 1 atom stereocenters. The lowest BCUT2D eigenvalue weighted by Crippen LogP contribution is -2.29. The van der Waals surface area contributed by atoms with Gasteiger partial charge in [0.1, 0.15) is 23.2 Å². The summed E-state index contributed by atoms with van der Waals surface area (Å²) in [6.45, 7) is 0.682. The zero-order valence-electron chi connectivity index (χ0n) is 13.1. The van der Waals surface area contributed by atoms with E-state index >= 15 is 0 Å². The summed E-state index contributed by atoms with van der Waals surface area (Å²) in [6, 6.07) is 7.55. The van der Waals surface area contributed by atoms with Crippen LogP contribution in [0.4, 0.5) is 18.9 Å². The highest BCUT2D eigenvalue weighted by atomic mass is 19.1. The quantitative estimate of drug-likeness (QED) is 0.811. The molecule has 0 radical (unpaired) electrons. The van der Waals surface area contributed by atoms with Crippen LogP contribution in [-0.4, -0.2) is 24.6 Å². The summed E-state index contributed by atoms with van der Waals surface area (Å²) in [5, 5.41) is 2.09. The Balaban J connectivity index is 1.83. The second-order valence-electron chi connectivity index (χ2n) is 4.99. The fourth-order valence-corrected chi connectivity index (χ4v) is 1.80. The second-order valence-corrected chi connectivity index (χ2v) is 4.99. The number of hydrogen-bond donors (Lipinski definition) is 1. The van der Waals surface area contributed by atoms with Crippen molar-refractivity contribution in [2.45, 2.75) is 13.0 Å². The van der Waals surface area contributed by atoms with Crippen LogP contribution in [0.1, 0.15) is 6.92 Å². The molecule has 2 aromatic rings. The largest absolute Gasteiger partial charge is 0.479 e. The molecule has 0 saturated heterocycles. The molecule has 0 heterocycles. The lowest BCUT2D eigenvalue weighted by molar-refractivity contribution is -0.153. The average Bonchev–Trinajstić information content (AvgIpc) is 2.58. The minimum Gasteiger partial charge on any atom is -0.479 e. The van der Waals surface area contributed by atoms with Crippen molar-refractivity contribution < 1.29 is 32.2 Å². The van der Waals surface area contributed by atoms with Gasteiger partial charge in [0.15, 0.2) is 12.7 Å². The van der Waals surface area contributed by atoms with E-state index in [0.717, 1.165) is 30.3 Å². The van der Waals surface area contributed by atoms with Gasteiger partial charge in [0, 0.05) is 6.07 Å². The van der Waals surface area contributed by atoms with Crippen molar-refractivity contribution in [3.8, 4) is 5.75 Å². The number of carbonyl (C=O) groups is 2. The molecule has 0 spiro atoms. The molecule has 2 rings (SSSR count). The Morgan fingerprint density at radius 1 is 1.04 bits per heavy atom. The highest BCUT2D eigenvalue weighted by Crippen LogP contribution is 2.15. The van der Waals surface area contributed by atoms with Crippen LogP contribution in [0.5, 0.6) is 5.75 Å². The van der Waals surface area contributed by atoms with E-state index < -0.39 is 42.0 Å². The third-order valence-electron chi connectivity index (χ3n) is 3.01. The zero-order chi connectivity index (χ0) is 18.4. The molecule has 0 saturated carbocycles. The maximum atomic E-state index is 13.4. The molecule has 0 unspecified atom stereocenters. The summed E-state index contributed by atoms with van der Waals surface area (Å²) >= 11 is 0. The first-order chi connectivity index (χ1) is 11.8. The van der Waals surface area contributed by atoms with E-state index in [1.165, 1.54) is 19.1 Å². The average molecular weight is 353 g/mol. The summed E-state index contributed by atoms with van der Waals surface area (Å²) in [5.74, 6) is -3.45. The van der Waals surface area contributed by atoms with Gasteiger partial charge in [0.2, 0.25) is 0 Å². The molecule has 0 aliphatic heterocycles. The number of hydrogen-bond acceptors (Lipinski definition) is 4. The summed E-state index contributed by atoms with van der Waals surface area (Å²) in [6.07, 6.45) is -1.05. The normalized spacial score (nSPS) is 11.5. The van der Waals surface area contributed by atoms with E-state index in [1.807, 2.05) is 0 Å². The molecule has 8 heteroatoms. The van der Waals surface area contributed by atoms with Gasteiger partial charge in [-0.25, -0.2) is 18.0 Å². The third kappa shape index (κ3) is 5.52. The first-order valence-electron chi connectivity index (χ1n) is 7.19. The Morgan fingerprint density at radius 2 is 1.68 bits per heavy atom. The molecule has 0 fully saturated rings. The van der Waals surface area contributed by atoms with E-state index in [2.05, 4.69) is 5.32 Å². The Morgan fingerprint density at radius 3 is 2.36 bits per heavy atom. The number of amides is 1. The minimum absolute atomic E-state index is 0.247.